The van der Waals surface area contributed by atoms with Crippen LogP contribution in [0.5, 0.6) is 0 Å². The molecule has 0 saturated heterocycles. The van der Waals surface area contributed by atoms with Crippen molar-refractivity contribution in [1.82, 2.24) is 0 Å². The summed E-state index contributed by atoms with van der Waals surface area (Å²) < 4.78 is 0. The molecule has 31 heavy (non-hydrogen) atoms. The Balaban J connectivity index is 0. The van der Waals surface area contributed by atoms with Crippen molar-refractivity contribution in [2.75, 3.05) is 0 Å². The molecule has 0 amide bonds. The standard InChI is InChI=1S/C18H31P.2C5H5.CH3.Zr/c1-16(2,3)12-10-13(17(4,5)6)15(19)14(11-12)18(7,8)9;2*1-2-4-5-3-1;;/h10-11H,19H2,1-9H3;2*1-5H;1H3;/q;;;-1;. The Labute approximate surface area is 218 Å². The van der Waals surface area contributed by atoms with Crippen LogP contribution in [0.25, 0.3) is 0 Å². The molecule has 1 unspecified atom stereocenters. The molecule has 0 aliphatic heterocycles. The van der Waals surface area contributed by atoms with Gasteiger partial charge in [-0.2, -0.15) is 0 Å². The van der Waals surface area contributed by atoms with Crippen LogP contribution in [0, 0.1) is 71.6 Å². The van der Waals surface area contributed by atoms with Gasteiger partial charge in [-0.25, -0.2) is 0 Å². The van der Waals surface area contributed by atoms with Gasteiger partial charge in [0, 0.05) is 26.2 Å². The van der Waals surface area contributed by atoms with E-state index < -0.39 is 0 Å². The molecule has 2 fully saturated rings. The molecular weight excluding hydrogens is 471 g/mol. The maximum absolute atomic E-state index is 2.98. The Kier molecular flexibility index (Phi) is 16.0. The summed E-state index contributed by atoms with van der Waals surface area (Å²) in [5, 5.41) is 1.38. The van der Waals surface area contributed by atoms with Crippen LogP contribution in [0.15, 0.2) is 12.1 Å². The Bertz CT molecular complexity index is 543. The van der Waals surface area contributed by atoms with Gasteiger partial charge in [0.2, 0.25) is 0 Å². The SMILES string of the molecule is CC(C)(C)c1cc(C(C)(C)C)c(P)c(C(C)(C)C)c1.[CH3-].[CH]1[CH][CH][CH][CH]1.[CH]1[CH][CH][CH][CH]1.[Zr]. The third kappa shape index (κ3) is 12.5. The molecule has 2 aliphatic rings. The smallest absolute Gasteiger partial charge is 0 e. The fraction of sp³-hybridized carbons (Fsp3) is 0.414. The van der Waals surface area contributed by atoms with E-state index in [0.717, 1.165) is 0 Å². The van der Waals surface area contributed by atoms with Crippen molar-refractivity contribution in [1.29, 1.82) is 0 Å². The monoisotopic (exact) mass is 513 g/mol. The molecule has 0 heterocycles. The summed E-state index contributed by atoms with van der Waals surface area (Å²) in [5.41, 5.74) is 4.90. The van der Waals surface area contributed by atoms with Crippen molar-refractivity contribution in [3.05, 3.63) is 100 Å². The van der Waals surface area contributed by atoms with Crippen LogP contribution in [0.3, 0.4) is 0 Å². The molecule has 2 saturated carbocycles. The molecule has 0 aromatic heterocycles. The molecule has 0 nitrogen and oxygen atoms in total. The molecule has 0 N–H and O–H groups in total. The first-order valence-corrected chi connectivity index (χ1v) is 11.1. The molecule has 10 radical (unpaired) electrons. The van der Waals surface area contributed by atoms with Crippen LogP contribution in [0.1, 0.15) is 79.0 Å². The van der Waals surface area contributed by atoms with Crippen LogP contribution in [0.4, 0.5) is 0 Å². The molecule has 1 atom stereocenters. The van der Waals surface area contributed by atoms with Gasteiger partial charge in [0.25, 0.3) is 0 Å². The molecule has 170 valence electrons. The topological polar surface area (TPSA) is 0 Å². The maximum atomic E-state index is 2.98. The third-order valence-electron chi connectivity index (χ3n) is 4.77. The van der Waals surface area contributed by atoms with E-state index >= 15 is 0 Å². The van der Waals surface area contributed by atoms with Crippen molar-refractivity contribution in [2.45, 2.75) is 78.6 Å². The summed E-state index contributed by atoms with van der Waals surface area (Å²) in [7, 11) is 2.98. The molecule has 3 rings (SSSR count). The molecule has 1 aromatic rings. The summed E-state index contributed by atoms with van der Waals surface area (Å²) in [6.45, 7) is 20.7. The summed E-state index contributed by atoms with van der Waals surface area (Å²) in [6.07, 6.45) is 20.0. The van der Waals surface area contributed by atoms with Gasteiger partial charge in [-0.15, -0.1) is 9.24 Å². The number of hydrogen-bond acceptors (Lipinski definition) is 0. The van der Waals surface area contributed by atoms with E-state index in [2.05, 4.69) is 83.7 Å². The fourth-order valence-corrected chi connectivity index (χ4v) is 4.00. The first-order valence-electron chi connectivity index (χ1n) is 10.5. The van der Waals surface area contributed by atoms with Gasteiger partial charge >= 0.3 is 0 Å². The van der Waals surface area contributed by atoms with Crippen LogP contribution in [0.2, 0.25) is 0 Å². The maximum Gasteiger partial charge on any atom is 0 e. The number of benzene rings is 1. The van der Waals surface area contributed by atoms with Gasteiger partial charge in [0.15, 0.2) is 0 Å². The van der Waals surface area contributed by atoms with Crippen LogP contribution in [-0.2, 0) is 42.4 Å². The average molecular weight is 515 g/mol. The minimum Gasteiger partial charge on any atom is -0.358 e. The van der Waals surface area contributed by atoms with Crippen molar-refractivity contribution in [3.8, 4) is 0 Å². The predicted molar refractivity (Wildman–Crippen MR) is 141 cm³/mol. The van der Waals surface area contributed by atoms with Gasteiger partial charge in [-0.3, -0.25) is 0 Å². The molecule has 0 spiro atoms. The first-order chi connectivity index (χ1) is 13.2. The molecule has 2 aliphatic carbocycles. The predicted octanol–water partition coefficient (Wildman–Crippen LogP) is 7.57. The second-order valence-corrected chi connectivity index (χ2v) is 11.2. The van der Waals surface area contributed by atoms with E-state index in [1.165, 1.54) is 22.0 Å². The number of hydrogen-bond donors (Lipinski definition) is 0. The fourth-order valence-electron chi connectivity index (χ4n) is 2.97. The van der Waals surface area contributed by atoms with Crippen molar-refractivity contribution in [3.63, 3.8) is 0 Å². The van der Waals surface area contributed by atoms with Crippen molar-refractivity contribution < 1.29 is 26.2 Å². The summed E-state index contributed by atoms with van der Waals surface area (Å²) in [5.74, 6) is 0. The molecule has 0 bridgehead atoms. The van der Waals surface area contributed by atoms with Gasteiger partial charge in [0.1, 0.15) is 0 Å². The molecule has 1 aromatic carbocycles. The van der Waals surface area contributed by atoms with Crippen LogP contribution < -0.4 is 5.30 Å². The largest absolute Gasteiger partial charge is 0.358 e. The van der Waals surface area contributed by atoms with Gasteiger partial charge in [0.05, 0.1) is 0 Å². The minimum absolute atomic E-state index is 0. The Hall–Kier alpha value is 0.533. The normalized spacial score (nSPS) is 16.2. The zero-order valence-corrected chi connectivity index (χ0v) is 25.1. The third-order valence-corrected chi connectivity index (χ3v) is 5.40. The average Bonchev–Trinajstić information content (AvgIpc) is 3.30. The van der Waals surface area contributed by atoms with E-state index in [0.29, 0.717) is 0 Å². The van der Waals surface area contributed by atoms with E-state index in [1.54, 1.807) is 0 Å². The zero-order valence-electron chi connectivity index (χ0n) is 21.5. The van der Waals surface area contributed by atoms with E-state index in [4.69, 9.17) is 0 Å². The Morgan fingerprint density at radius 1 is 0.484 bits per heavy atom. The minimum atomic E-state index is 0. The molecule has 2 heteroatoms. The second kappa shape index (κ2) is 14.7. The van der Waals surface area contributed by atoms with E-state index in [9.17, 15) is 0 Å². The van der Waals surface area contributed by atoms with Gasteiger partial charge < -0.3 is 7.43 Å². The van der Waals surface area contributed by atoms with E-state index in [1.807, 2.05) is 64.2 Å². The summed E-state index contributed by atoms with van der Waals surface area (Å²) in [6, 6.07) is 4.80. The van der Waals surface area contributed by atoms with Crippen LogP contribution >= 0.6 is 9.24 Å². The first kappa shape index (κ1) is 33.7. The van der Waals surface area contributed by atoms with Crippen molar-refractivity contribution >= 4 is 14.5 Å². The Morgan fingerprint density at radius 2 is 0.710 bits per heavy atom. The van der Waals surface area contributed by atoms with E-state index in [-0.39, 0.29) is 49.9 Å². The van der Waals surface area contributed by atoms with Gasteiger partial charge in [-0.1, -0.05) is 74.4 Å². The van der Waals surface area contributed by atoms with Gasteiger partial charge in [-0.05, 0) is 102 Å². The summed E-state index contributed by atoms with van der Waals surface area (Å²) >= 11 is 0. The Morgan fingerprint density at radius 3 is 0.871 bits per heavy atom. The summed E-state index contributed by atoms with van der Waals surface area (Å²) in [4.78, 5) is 0. The zero-order chi connectivity index (χ0) is 22.3. The van der Waals surface area contributed by atoms with Crippen molar-refractivity contribution in [2.24, 2.45) is 0 Å². The quantitative estimate of drug-likeness (QED) is 0.247. The number of rotatable bonds is 0. The molecular formula is C29H44PZr-. The second-order valence-electron chi connectivity index (χ2n) is 10.7. The van der Waals surface area contributed by atoms with Crippen LogP contribution in [-0.4, -0.2) is 0 Å².